The van der Waals surface area contributed by atoms with E-state index in [0.717, 1.165) is 19.4 Å². The monoisotopic (exact) mass is 282 g/mol. The first-order chi connectivity index (χ1) is 9.31. The van der Waals surface area contributed by atoms with Crippen LogP contribution in [0.15, 0.2) is 0 Å². The van der Waals surface area contributed by atoms with Gasteiger partial charge in [0.1, 0.15) is 5.54 Å². The van der Waals surface area contributed by atoms with Gasteiger partial charge in [0.2, 0.25) is 11.8 Å². The Bertz CT molecular complexity index is 352. The molecular formula is C16H30N2O2. The van der Waals surface area contributed by atoms with Crippen molar-refractivity contribution in [1.29, 1.82) is 0 Å². The van der Waals surface area contributed by atoms with E-state index in [1.54, 1.807) is 13.8 Å². The summed E-state index contributed by atoms with van der Waals surface area (Å²) in [5.41, 5.74) is -0.787. The van der Waals surface area contributed by atoms with Crippen LogP contribution in [-0.4, -0.2) is 34.8 Å². The van der Waals surface area contributed by atoms with Gasteiger partial charge in [0.05, 0.1) is 0 Å². The lowest BCUT2D eigenvalue weighted by molar-refractivity contribution is -0.139. The second-order valence-corrected chi connectivity index (χ2v) is 6.60. The zero-order valence-corrected chi connectivity index (χ0v) is 13.7. The van der Waals surface area contributed by atoms with Crippen LogP contribution in [0, 0.1) is 5.92 Å². The predicted molar refractivity (Wildman–Crippen MR) is 81.3 cm³/mol. The predicted octanol–water partition coefficient (Wildman–Crippen LogP) is 2.72. The van der Waals surface area contributed by atoms with Crippen LogP contribution in [0.1, 0.15) is 66.7 Å². The lowest BCUT2D eigenvalue weighted by Crippen LogP contribution is -2.54. The Morgan fingerprint density at radius 1 is 1.35 bits per heavy atom. The van der Waals surface area contributed by atoms with Crippen LogP contribution in [0.5, 0.6) is 0 Å². The number of hydrogen-bond donors (Lipinski definition) is 1. The van der Waals surface area contributed by atoms with Crippen molar-refractivity contribution in [1.82, 2.24) is 10.2 Å². The van der Waals surface area contributed by atoms with Crippen molar-refractivity contribution >= 4 is 11.8 Å². The van der Waals surface area contributed by atoms with Gasteiger partial charge in [-0.3, -0.25) is 9.59 Å². The second kappa shape index (κ2) is 7.09. The maximum absolute atomic E-state index is 12.7. The average molecular weight is 282 g/mol. The van der Waals surface area contributed by atoms with Gasteiger partial charge in [0, 0.05) is 19.0 Å². The maximum atomic E-state index is 12.7. The molecule has 1 aliphatic rings. The first kappa shape index (κ1) is 17.0. The average Bonchev–Trinajstić information content (AvgIpc) is 2.43. The summed E-state index contributed by atoms with van der Waals surface area (Å²) < 4.78 is 0. The van der Waals surface area contributed by atoms with E-state index in [-0.39, 0.29) is 17.9 Å². The molecule has 0 saturated carbocycles. The molecule has 0 aliphatic carbocycles. The van der Waals surface area contributed by atoms with Crippen LogP contribution in [0.25, 0.3) is 0 Å². The van der Waals surface area contributed by atoms with Crippen molar-refractivity contribution < 1.29 is 9.59 Å². The molecule has 1 fully saturated rings. The molecule has 1 N–H and O–H groups in total. The van der Waals surface area contributed by atoms with Crippen LogP contribution < -0.4 is 5.32 Å². The van der Waals surface area contributed by atoms with Crippen LogP contribution in [0.3, 0.4) is 0 Å². The van der Waals surface area contributed by atoms with Gasteiger partial charge in [-0.25, -0.2) is 0 Å². The molecule has 2 atom stereocenters. The molecule has 0 aromatic rings. The second-order valence-electron chi connectivity index (χ2n) is 6.60. The molecule has 0 aromatic carbocycles. The normalized spacial score (nSPS) is 24.2. The molecule has 0 aromatic heterocycles. The van der Waals surface area contributed by atoms with Crippen LogP contribution in [0.2, 0.25) is 0 Å². The van der Waals surface area contributed by atoms with Gasteiger partial charge >= 0.3 is 0 Å². The lowest BCUT2D eigenvalue weighted by atomic mass is 9.96. The molecule has 0 bridgehead atoms. The van der Waals surface area contributed by atoms with Gasteiger partial charge < -0.3 is 10.2 Å². The van der Waals surface area contributed by atoms with Crippen LogP contribution >= 0.6 is 0 Å². The van der Waals surface area contributed by atoms with Crippen molar-refractivity contribution in [2.45, 2.75) is 78.3 Å². The highest BCUT2D eigenvalue weighted by atomic mass is 16.2. The third-order valence-electron chi connectivity index (χ3n) is 4.26. The van der Waals surface area contributed by atoms with E-state index in [0.29, 0.717) is 12.3 Å². The van der Waals surface area contributed by atoms with E-state index >= 15 is 0 Å². The smallest absolute Gasteiger partial charge is 0.248 e. The number of carbonyl (C=O) groups is 2. The summed E-state index contributed by atoms with van der Waals surface area (Å²) >= 11 is 0. The van der Waals surface area contributed by atoms with Gasteiger partial charge in [-0.05, 0) is 33.1 Å². The molecule has 2 amide bonds. The number of amides is 2. The maximum Gasteiger partial charge on any atom is 0.248 e. The van der Waals surface area contributed by atoms with Crippen LogP contribution in [-0.2, 0) is 9.59 Å². The van der Waals surface area contributed by atoms with E-state index in [1.165, 1.54) is 12.8 Å². The zero-order valence-electron chi connectivity index (χ0n) is 13.7. The molecule has 2 unspecified atom stereocenters. The number of unbranched alkanes of at least 4 members (excludes halogenated alkanes) is 1. The Morgan fingerprint density at radius 2 is 2.00 bits per heavy atom. The number of hydrogen-bond acceptors (Lipinski definition) is 2. The first-order valence-electron chi connectivity index (χ1n) is 7.93. The summed E-state index contributed by atoms with van der Waals surface area (Å²) in [6.45, 7) is 10.7. The third kappa shape index (κ3) is 4.22. The molecule has 0 spiro atoms. The van der Waals surface area contributed by atoms with Crippen molar-refractivity contribution in [3.8, 4) is 0 Å². The summed E-state index contributed by atoms with van der Waals surface area (Å²) in [5.74, 6) is 0.552. The largest absolute Gasteiger partial charge is 0.342 e. The molecule has 4 nitrogen and oxygen atoms in total. The standard InChI is InChI=1S/C16H30N2O2/c1-6-8-9-13(7-2)11-18-12(3)10-14(19)17-16(4,5)15(18)20/h12-13H,6-11H2,1-5H3,(H,17,19). The van der Waals surface area contributed by atoms with Crippen molar-refractivity contribution in [3.63, 3.8) is 0 Å². The van der Waals surface area contributed by atoms with Crippen molar-refractivity contribution in [2.24, 2.45) is 5.92 Å². The van der Waals surface area contributed by atoms with Gasteiger partial charge in [-0.15, -0.1) is 0 Å². The first-order valence-corrected chi connectivity index (χ1v) is 7.93. The molecule has 4 heteroatoms. The highest BCUT2D eigenvalue weighted by Crippen LogP contribution is 2.22. The summed E-state index contributed by atoms with van der Waals surface area (Å²) in [4.78, 5) is 26.4. The minimum Gasteiger partial charge on any atom is -0.342 e. The van der Waals surface area contributed by atoms with E-state index in [1.807, 2.05) is 11.8 Å². The Labute approximate surface area is 123 Å². The molecule has 20 heavy (non-hydrogen) atoms. The summed E-state index contributed by atoms with van der Waals surface area (Å²) in [6.07, 6.45) is 5.03. The molecule has 1 rings (SSSR count). The number of carbonyl (C=O) groups excluding carboxylic acids is 2. The van der Waals surface area contributed by atoms with E-state index in [2.05, 4.69) is 19.2 Å². The van der Waals surface area contributed by atoms with E-state index < -0.39 is 5.54 Å². The Morgan fingerprint density at radius 3 is 2.55 bits per heavy atom. The highest BCUT2D eigenvalue weighted by Gasteiger charge is 2.39. The van der Waals surface area contributed by atoms with Gasteiger partial charge in [-0.2, -0.15) is 0 Å². The summed E-state index contributed by atoms with van der Waals surface area (Å²) in [5, 5.41) is 2.83. The molecule has 1 heterocycles. The fourth-order valence-electron chi connectivity index (χ4n) is 2.85. The van der Waals surface area contributed by atoms with Crippen molar-refractivity contribution in [3.05, 3.63) is 0 Å². The van der Waals surface area contributed by atoms with Gasteiger partial charge in [0.15, 0.2) is 0 Å². The Hall–Kier alpha value is -1.06. The fraction of sp³-hybridized carbons (Fsp3) is 0.875. The third-order valence-corrected chi connectivity index (χ3v) is 4.26. The quantitative estimate of drug-likeness (QED) is 0.814. The summed E-state index contributed by atoms with van der Waals surface area (Å²) in [6, 6.07) is -0.0139. The Balaban J connectivity index is 2.83. The SMILES string of the molecule is CCCCC(CC)CN1C(=O)C(C)(C)NC(=O)CC1C. The van der Waals surface area contributed by atoms with Crippen LogP contribution in [0.4, 0.5) is 0 Å². The molecular weight excluding hydrogens is 252 g/mol. The zero-order chi connectivity index (χ0) is 15.3. The van der Waals surface area contributed by atoms with Gasteiger partial charge in [0.25, 0.3) is 0 Å². The molecule has 0 radical (unpaired) electrons. The molecule has 1 aliphatic heterocycles. The molecule has 1 saturated heterocycles. The molecule has 116 valence electrons. The number of nitrogens with one attached hydrogen (secondary N) is 1. The topological polar surface area (TPSA) is 49.4 Å². The Kier molecular flexibility index (Phi) is 6.03. The van der Waals surface area contributed by atoms with Crippen molar-refractivity contribution in [2.75, 3.05) is 6.54 Å². The minimum absolute atomic E-state index is 0.0139. The summed E-state index contributed by atoms with van der Waals surface area (Å²) in [7, 11) is 0. The van der Waals surface area contributed by atoms with E-state index in [4.69, 9.17) is 0 Å². The number of nitrogens with zero attached hydrogens (tertiary/aromatic N) is 1. The van der Waals surface area contributed by atoms with E-state index in [9.17, 15) is 9.59 Å². The fourth-order valence-corrected chi connectivity index (χ4v) is 2.85. The highest BCUT2D eigenvalue weighted by molar-refractivity contribution is 5.93. The lowest BCUT2D eigenvalue weighted by Gasteiger charge is -2.34. The number of rotatable bonds is 6. The minimum atomic E-state index is -0.787. The van der Waals surface area contributed by atoms with Gasteiger partial charge in [-0.1, -0.05) is 33.1 Å².